The number of nitrogens with two attached hydrogens (primary N) is 1. The average molecular weight is 356 g/mol. The fraction of sp³-hybridized carbons (Fsp3) is 0.933. The van der Waals surface area contributed by atoms with Crippen LogP contribution in [0.5, 0.6) is 0 Å². The number of morpholine rings is 1. The molecule has 3 N–H and O–H groups in total. The number of amides is 1. The van der Waals surface area contributed by atoms with E-state index in [-0.39, 0.29) is 42.4 Å². The van der Waals surface area contributed by atoms with Gasteiger partial charge in [-0.1, -0.05) is 6.42 Å². The van der Waals surface area contributed by atoms with E-state index in [1.807, 2.05) is 0 Å². The Labute approximate surface area is 146 Å². The normalized spacial score (nSPS) is 27.6. The number of rotatable bonds is 5. The van der Waals surface area contributed by atoms with Gasteiger partial charge in [0.2, 0.25) is 5.91 Å². The Kier molecular flexibility index (Phi) is 9.90. The molecule has 0 aromatic heterocycles. The maximum absolute atomic E-state index is 11.9. The Morgan fingerprint density at radius 2 is 2.09 bits per heavy atom. The molecule has 2 fully saturated rings. The standard InChI is InChI=1S/C15H29N3O2.2ClH/c1-15(2)11-18(8-9-20-15)7-6-17-14(19)10-12-4-3-5-13(12)16;;/h12-13H,3-11,16H2,1-2H3,(H,17,19);2*1H/t12-,13+;;/m0../s1. The lowest BCUT2D eigenvalue weighted by molar-refractivity contribution is -0.122. The second-order valence-electron chi connectivity index (χ2n) is 6.79. The molecule has 22 heavy (non-hydrogen) atoms. The highest BCUT2D eigenvalue weighted by atomic mass is 35.5. The summed E-state index contributed by atoms with van der Waals surface area (Å²) in [5.41, 5.74) is 5.93. The molecule has 5 nitrogen and oxygen atoms in total. The van der Waals surface area contributed by atoms with Crippen LogP contribution >= 0.6 is 24.8 Å². The molecule has 1 aliphatic heterocycles. The van der Waals surface area contributed by atoms with Crippen molar-refractivity contribution in [2.45, 2.75) is 51.2 Å². The number of hydrogen-bond donors (Lipinski definition) is 2. The lowest BCUT2D eigenvalue weighted by Crippen LogP contribution is -2.50. The minimum atomic E-state index is -0.0706. The average Bonchev–Trinajstić information content (AvgIpc) is 2.74. The number of ether oxygens (including phenoxy) is 1. The first-order chi connectivity index (χ1) is 9.46. The largest absolute Gasteiger partial charge is 0.373 e. The summed E-state index contributed by atoms with van der Waals surface area (Å²) in [6.45, 7) is 8.49. The summed E-state index contributed by atoms with van der Waals surface area (Å²) in [5.74, 6) is 0.539. The molecule has 2 aliphatic rings. The van der Waals surface area contributed by atoms with E-state index in [4.69, 9.17) is 10.5 Å². The van der Waals surface area contributed by atoms with E-state index in [1.165, 1.54) is 6.42 Å². The van der Waals surface area contributed by atoms with Crippen molar-refractivity contribution in [1.29, 1.82) is 0 Å². The van der Waals surface area contributed by atoms with E-state index in [0.717, 1.165) is 45.6 Å². The van der Waals surface area contributed by atoms with Crippen molar-refractivity contribution >= 4 is 30.7 Å². The lowest BCUT2D eigenvalue weighted by Gasteiger charge is -2.38. The molecule has 1 saturated carbocycles. The van der Waals surface area contributed by atoms with Crippen LogP contribution in [0.2, 0.25) is 0 Å². The van der Waals surface area contributed by atoms with Gasteiger partial charge < -0.3 is 15.8 Å². The Balaban J connectivity index is 0.00000220. The van der Waals surface area contributed by atoms with Gasteiger partial charge in [0.15, 0.2) is 0 Å². The van der Waals surface area contributed by atoms with Gasteiger partial charge in [-0.05, 0) is 32.6 Å². The smallest absolute Gasteiger partial charge is 0.220 e. The summed E-state index contributed by atoms with van der Waals surface area (Å²) in [4.78, 5) is 14.3. The molecule has 0 unspecified atom stereocenters. The second-order valence-corrected chi connectivity index (χ2v) is 6.79. The van der Waals surface area contributed by atoms with Gasteiger partial charge in [0.1, 0.15) is 0 Å². The zero-order chi connectivity index (χ0) is 14.6. The quantitative estimate of drug-likeness (QED) is 0.785. The molecule has 1 saturated heterocycles. The van der Waals surface area contributed by atoms with Crippen molar-refractivity contribution in [3.05, 3.63) is 0 Å². The maximum atomic E-state index is 11.9. The van der Waals surface area contributed by atoms with E-state index in [2.05, 4.69) is 24.1 Å². The summed E-state index contributed by atoms with van der Waals surface area (Å²) < 4.78 is 5.68. The van der Waals surface area contributed by atoms with Crippen LogP contribution in [-0.2, 0) is 9.53 Å². The molecule has 0 aromatic rings. The summed E-state index contributed by atoms with van der Waals surface area (Å²) in [6, 6.07) is 0.223. The van der Waals surface area contributed by atoms with E-state index in [0.29, 0.717) is 12.3 Å². The van der Waals surface area contributed by atoms with Gasteiger partial charge in [0.25, 0.3) is 0 Å². The fourth-order valence-corrected chi connectivity index (χ4v) is 3.29. The number of carbonyl (C=O) groups is 1. The van der Waals surface area contributed by atoms with Crippen LogP contribution in [0.15, 0.2) is 0 Å². The Hall–Kier alpha value is -0.0700. The molecule has 0 radical (unpaired) electrons. The van der Waals surface area contributed by atoms with Gasteiger partial charge in [0.05, 0.1) is 12.2 Å². The molecule has 2 rings (SSSR count). The Morgan fingerprint density at radius 3 is 2.68 bits per heavy atom. The van der Waals surface area contributed by atoms with Gasteiger partial charge in [-0.15, -0.1) is 24.8 Å². The van der Waals surface area contributed by atoms with Crippen molar-refractivity contribution in [1.82, 2.24) is 10.2 Å². The van der Waals surface area contributed by atoms with Crippen molar-refractivity contribution in [2.24, 2.45) is 11.7 Å². The highest BCUT2D eigenvalue weighted by molar-refractivity contribution is 5.85. The molecule has 2 atom stereocenters. The third-order valence-corrected chi connectivity index (χ3v) is 4.42. The summed E-state index contributed by atoms with van der Waals surface area (Å²) in [5, 5.41) is 3.03. The van der Waals surface area contributed by atoms with Crippen LogP contribution in [0.25, 0.3) is 0 Å². The highest BCUT2D eigenvalue weighted by Gasteiger charge is 2.27. The topological polar surface area (TPSA) is 67.6 Å². The molecule has 1 aliphatic carbocycles. The molecule has 0 spiro atoms. The van der Waals surface area contributed by atoms with Crippen LogP contribution < -0.4 is 11.1 Å². The van der Waals surface area contributed by atoms with E-state index in [9.17, 15) is 4.79 Å². The molecule has 7 heteroatoms. The first kappa shape index (κ1) is 21.9. The van der Waals surface area contributed by atoms with Crippen LogP contribution in [0.4, 0.5) is 0 Å². The third kappa shape index (κ3) is 7.01. The SMILES string of the molecule is CC1(C)CN(CCNC(=O)C[C@@H]2CCC[C@H]2N)CCO1.Cl.Cl. The van der Waals surface area contributed by atoms with Crippen LogP contribution in [0.3, 0.4) is 0 Å². The van der Waals surface area contributed by atoms with Crippen molar-refractivity contribution in [3.63, 3.8) is 0 Å². The molecule has 132 valence electrons. The predicted octanol–water partition coefficient (Wildman–Crippen LogP) is 1.57. The number of hydrogen-bond acceptors (Lipinski definition) is 4. The van der Waals surface area contributed by atoms with Crippen molar-refractivity contribution < 1.29 is 9.53 Å². The first-order valence-electron chi connectivity index (χ1n) is 7.85. The number of nitrogens with zero attached hydrogens (tertiary/aromatic N) is 1. The molecule has 0 bridgehead atoms. The molecular formula is C15H31Cl2N3O2. The second kappa shape index (κ2) is 9.93. The fourth-order valence-electron chi connectivity index (χ4n) is 3.29. The van der Waals surface area contributed by atoms with Gasteiger partial charge in [-0.2, -0.15) is 0 Å². The van der Waals surface area contributed by atoms with Gasteiger partial charge in [0, 0.05) is 38.6 Å². The van der Waals surface area contributed by atoms with Gasteiger partial charge in [-0.25, -0.2) is 0 Å². The van der Waals surface area contributed by atoms with E-state index >= 15 is 0 Å². The minimum absolute atomic E-state index is 0. The van der Waals surface area contributed by atoms with Crippen LogP contribution in [0, 0.1) is 5.92 Å². The highest BCUT2D eigenvalue weighted by Crippen LogP contribution is 2.26. The molecule has 1 heterocycles. The minimum Gasteiger partial charge on any atom is -0.373 e. The van der Waals surface area contributed by atoms with Crippen LogP contribution in [0.1, 0.15) is 39.5 Å². The summed E-state index contributed by atoms with van der Waals surface area (Å²) in [6.07, 6.45) is 3.94. The van der Waals surface area contributed by atoms with Crippen LogP contribution in [-0.4, -0.2) is 55.2 Å². The van der Waals surface area contributed by atoms with Gasteiger partial charge >= 0.3 is 0 Å². The Morgan fingerprint density at radius 1 is 1.36 bits per heavy atom. The molecule has 0 aromatic carbocycles. The van der Waals surface area contributed by atoms with Crippen molar-refractivity contribution in [3.8, 4) is 0 Å². The third-order valence-electron chi connectivity index (χ3n) is 4.42. The zero-order valence-corrected chi connectivity index (χ0v) is 15.3. The van der Waals surface area contributed by atoms with Crippen molar-refractivity contribution in [2.75, 3.05) is 32.8 Å². The van der Waals surface area contributed by atoms with E-state index < -0.39 is 0 Å². The lowest BCUT2D eigenvalue weighted by atomic mass is 10.00. The number of carbonyl (C=O) groups excluding carboxylic acids is 1. The predicted molar refractivity (Wildman–Crippen MR) is 93.9 cm³/mol. The molecule has 1 amide bonds. The maximum Gasteiger partial charge on any atom is 0.220 e. The first-order valence-corrected chi connectivity index (χ1v) is 7.85. The molecular weight excluding hydrogens is 325 g/mol. The van der Waals surface area contributed by atoms with E-state index in [1.54, 1.807) is 0 Å². The zero-order valence-electron chi connectivity index (χ0n) is 13.7. The summed E-state index contributed by atoms with van der Waals surface area (Å²) in [7, 11) is 0. The number of halogens is 2. The number of nitrogens with one attached hydrogen (secondary N) is 1. The monoisotopic (exact) mass is 355 g/mol. The Bertz CT molecular complexity index is 343. The summed E-state index contributed by atoms with van der Waals surface area (Å²) >= 11 is 0. The van der Waals surface area contributed by atoms with Gasteiger partial charge in [-0.3, -0.25) is 9.69 Å².